The zero-order valence-corrected chi connectivity index (χ0v) is 17.8. The molecule has 1 aliphatic heterocycles. The van der Waals surface area contributed by atoms with Crippen LogP contribution < -0.4 is 4.90 Å². The number of amides is 2. The first-order chi connectivity index (χ1) is 15.2. The van der Waals surface area contributed by atoms with Gasteiger partial charge in [0, 0.05) is 22.9 Å². The van der Waals surface area contributed by atoms with Crippen LogP contribution in [-0.4, -0.2) is 21.8 Å². The highest BCUT2D eigenvalue weighted by Crippen LogP contribution is 2.36. The van der Waals surface area contributed by atoms with E-state index in [1.807, 2.05) is 30.5 Å². The lowest BCUT2D eigenvalue weighted by Gasteiger charge is -2.13. The Kier molecular flexibility index (Phi) is 4.19. The summed E-state index contributed by atoms with van der Waals surface area (Å²) in [5.41, 5.74) is 4.72. The molecule has 1 aliphatic rings. The van der Waals surface area contributed by atoms with Crippen LogP contribution >= 0.6 is 23.1 Å². The average Bonchev–Trinajstić information content (AvgIpc) is 3.47. The second-order valence-electron chi connectivity index (χ2n) is 7.27. The molecule has 0 fully saturated rings. The number of nitrogens with one attached hydrogen (secondary N) is 1. The van der Waals surface area contributed by atoms with E-state index >= 15 is 0 Å². The Labute approximate surface area is 185 Å². The summed E-state index contributed by atoms with van der Waals surface area (Å²) in [5.74, 6) is 0.256. The number of carbonyl (C=O) groups is 2. The van der Waals surface area contributed by atoms with E-state index in [1.54, 1.807) is 53.4 Å². The third-order valence-corrected chi connectivity index (χ3v) is 7.64. The highest BCUT2D eigenvalue weighted by molar-refractivity contribution is 8.00. The predicted octanol–water partition coefficient (Wildman–Crippen LogP) is 5.87. The van der Waals surface area contributed by atoms with Gasteiger partial charge in [-0.1, -0.05) is 42.1 Å². The van der Waals surface area contributed by atoms with Crippen molar-refractivity contribution in [1.29, 1.82) is 0 Å². The Morgan fingerprint density at radius 3 is 2.48 bits per heavy atom. The molecule has 0 spiro atoms. The van der Waals surface area contributed by atoms with Gasteiger partial charge in [-0.3, -0.25) is 9.59 Å². The zero-order valence-electron chi connectivity index (χ0n) is 16.2. The van der Waals surface area contributed by atoms with Crippen LogP contribution in [0, 0.1) is 0 Å². The van der Waals surface area contributed by atoms with Crippen LogP contribution in [0.4, 0.5) is 5.69 Å². The number of nitrogens with zero attached hydrogens (tertiary/aromatic N) is 2. The molecule has 3 aromatic carbocycles. The monoisotopic (exact) mass is 441 g/mol. The highest BCUT2D eigenvalue weighted by atomic mass is 32.2. The predicted molar refractivity (Wildman–Crippen MR) is 125 cm³/mol. The molecule has 0 atom stereocenters. The molecule has 0 unspecified atom stereocenters. The van der Waals surface area contributed by atoms with Gasteiger partial charge in [-0.05, 0) is 42.0 Å². The number of hydrogen-bond acceptors (Lipinski definition) is 5. The molecule has 7 heteroatoms. The first-order valence-corrected chi connectivity index (χ1v) is 11.6. The van der Waals surface area contributed by atoms with Gasteiger partial charge in [-0.25, -0.2) is 9.88 Å². The maximum absolute atomic E-state index is 12.8. The lowest BCUT2D eigenvalue weighted by atomic mass is 10.1. The van der Waals surface area contributed by atoms with E-state index in [2.05, 4.69) is 17.1 Å². The number of aromatic amines is 1. The lowest BCUT2D eigenvalue weighted by molar-refractivity contribution is 0.0926. The quantitative estimate of drug-likeness (QED) is 0.280. The van der Waals surface area contributed by atoms with E-state index in [0.29, 0.717) is 16.8 Å². The number of thiazole rings is 1. The van der Waals surface area contributed by atoms with Crippen molar-refractivity contribution in [3.8, 4) is 0 Å². The third kappa shape index (κ3) is 2.97. The zero-order chi connectivity index (χ0) is 20.9. The SMILES string of the molecule is O=C1c2ccccc2C(=O)N1c1ccc2nc(SCc3c[nH]c4ccccc34)sc2c1. The molecular formula is C24H15N3O2S2. The topological polar surface area (TPSA) is 66.1 Å². The fraction of sp³-hybridized carbons (Fsp3) is 0.0417. The number of imide groups is 1. The molecule has 0 radical (unpaired) electrons. The number of rotatable bonds is 4. The van der Waals surface area contributed by atoms with Gasteiger partial charge < -0.3 is 4.98 Å². The number of benzene rings is 3. The molecule has 0 saturated heterocycles. The summed E-state index contributed by atoms with van der Waals surface area (Å²) in [4.78, 5) is 34.8. The smallest absolute Gasteiger partial charge is 0.266 e. The standard InChI is InChI=1S/C24H15N3O2S2/c28-22-17-6-1-2-7-18(17)23(29)27(22)15-9-10-20-21(11-15)31-24(26-20)30-13-14-12-25-19-8-4-3-5-16(14)19/h1-12,25H,13H2. The summed E-state index contributed by atoms with van der Waals surface area (Å²) in [6.07, 6.45) is 2.05. The fourth-order valence-electron chi connectivity index (χ4n) is 3.91. The number of hydrogen-bond donors (Lipinski definition) is 1. The first-order valence-electron chi connectivity index (χ1n) is 9.75. The molecule has 5 nitrogen and oxygen atoms in total. The molecule has 150 valence electrons. The van der Waals surface area contributed by atoms with Crippen LogP contribution in [0.5, 0.6) is 0 Å². The summed E-state index contributed by atoms with van der Waals surface area (Å²) >= 11 is 3.26. The highest BCUT2D eigenvalue weighted by Gasteiger charge is 2.36. The van der Waals surface area contributed by atoms with Gasteiger partial charge in [-0.15, -0.1) is 11.3 Å². The molecule has 1 N–H and O–H groups in total. The van der Waals surface area contributed by atoms with Crippen LogP contribution in [-0.2, 0) is 5.75 Å². The minimum absolute atomic E-state index is 0.279. The molecule has 0 aliphatic carbocycles. The molecule has 6 rings (SSSR count). The van der Waals surface area contributed by atoms with Crippen molar-refractivity contribution in [1.82, 2.24) is 9.97 Å². The molecule has 0 saturated carbocycles. The molecule has 2 aromatic heterocycles. The number of carbonyl (C=O) groups excluding carboxylic acids is 2. The minimum atomic E-state index is -0.279. The summed E-state index contributed by atoms with van der Waals surface area (Å²) in [5, 5.41) is 1.23. The van der Waals surface area contributed by atoms with E-state index < -0.39 is 0 Å². The van der Waals surface area contributed by atoms with E-state index in [4.69, 9.17) is 4.98 Å². The molecule has 5 aromatic rings. The van der Waals surface area contributed by atoms with Gasteiger partial charge in [0.15, 0.2) is 4.34 Å². The number of fused-ring (bicyclic) bond motifs is 3. The third-order valence-electron chi connectivity index (χ3n) is 5.43. The Morgan fingerprint density at radius 1 is 0.935 bits per heavy atom. The lowest BCUT2D eigenvalue weighted by Crippen LogP contribution is -2.29. The van der Waals surface area contributed by atoms with Gasteiger partial charge in [0.05, 0.1) is 27.0 Å². The van der Waals surface area contributed by atoms with Crippen LogP contribution in [0.3, 0.4) is 0 Å². The number of thioether (sulfide) groups is 1. The normalized spacial score (nSPS) is 13.5. The second kappa shape index (κ2) is 7.08. The van der Waals surface area contributed by atoms with Gasteiger partial charge >= 0.3 is 0 Å². The van der Waals surface area contributed by atoms with E-state index in [9.17, 15) is 9.59 Å². The van der Waals surface area contributed by atoms with Crippen LogP contribution in [0.2, 0.25) is 0 Å². The first kappa shape index (κ1) is 18.4. The Bertz CT molecular complexity index is 1470. The molecule has 0 bridgehead atoms. The van der Waals surface area contributed by atoms with E-state index in [0.717, 1.165) is 25.8 Å². The fourth-order valence-corrected chi connectivity index (χ4v) is 6.00. The van der Waals surface area contributed by atoms with Gasteiger partial charge in [0.2, 0.25) is 0 Å². The van der Waals surface area contributed by atoms with E-state index in [-0.39, 0.29) is 11.8 Å². The summed E-state index contributed by atoms with van der Waals surface area (Å²) in [6, 6.07) is 20.7. The second-order valence-corrected chi connectivity index (χ2v) is 9.52. The summed E-state index contributed by atoms with van der Waals surface area (Å²) in [6.45, 7) is 0. The molecular weight excluding hydrogens is 426 g/mol. The van der Waals surface area contributed by atoms with Gasteiger partial charge in [0.25, 0.3) is 11.8 Å². The number of para-hydroxylation sites is 1. The van der Waals surface area contributed by atoms with Crippen LogP contribution in [0.25, 0.3) is 21.1 Å². The van der Waals surface area contributed by atoms with E-state index in [1.165, 1.54) is 15.8 Å². The largest absolute Gasteiger partial charge is 0.361 e. The minimum Gasteiger partial charge on any atom is -0.361 e. The van der Waals surface area contributed by atoms with Gasteiger partial charge in [0.1, 0.15) is 0 Å². The summed E-state index contributed by atoms with van der Waals surface area (Å²) < 4.78 is 1.91. The Hall–Kier alpha value is -3.42. The van der Waals surface area contributed by atoms with Crippen molar-refractivity contribution in [2.45, 2.75) is 10.1 Å². The number of aromatic nitrogens is 2. The molecule has 2 amide bonds. The van der Waals surface area contributed by atoms with Crippen LogP contribution in [0.1, 0.15) is 26.3 Å². The maximum atomic E-state index is 12.8. The van der Waals surface area contributed by atoms with Crippen molar-refractivity contribution in [2.24, 2.45) is 0 Å². The number of anilines is 1. The van der Waals surface area contributed by atoms with Crippen molar-refractivity contribution < 1.29 is 9.59 Å². The van der Waals surface area contributed by atoms with Crippen molar-refractivity contribution in [3.05, 3.63) is 89.6 Å². The Balaban J connectivity index is 1.28. The van der Waals surface area contributed by atoms with Crippen molar-refractivity contribution in [2.75, 3.05) is 4.90 Å². The van der Waals surface area contributed by atoms with Gasteiger partial charge in [-0.2, -0.15) is 0 Å². The van der Waals surface area contributed by atoms with Crippen LogP contribution in [0.15, 0.2) is 77.3 Å². The maximum Gasteiger partial charge on any atom is 0.266 e. The van der Waals surface area contributed by atoms with Crippen molar-refractivity contribution >= 4 is 61.7 Å². The number of H-pyrrole nitrogens is 1. The Morgan fingerprint density at radius 2 is 1.68 bits per heavy atom. The summed E-state index contributed by atoms with van der Waals surface area (Å²) in [7, 11) is 0. The molecule has 3 heterocycles. The average molecular weight is 442 g/mol. The molecule has 31 heavy (non-hydrogen) atoms. The van der Waals surface area contributed by atoms with Crippen molar-refractivity contribution in [3.63, 3.8) is 0 Å².